The van der Waals surface area contributed by atoms with Crippen molar-refractivity contribution < 1.29 is 28.3 Å². The molecular weight excluding hydrogens is 523 g/mol. The molecular formula is C33H27FN2O5. The van der Waals surface area contributed by atoms with Crippen LogP contribution in [0.2, 0.25) is 0 Å². The molecule has 2 atom stereocenters. The minimum absolute atomic E-state index is 0.133. The third-order valence-corrected chi connectivity index (χ3v) is 7.95. The Labute approximate surface area is 235 Å². The summed E-state index contributed by atoms with van der Waals surface area (Å²) in [6.07, 6.45) is 3.42. The molecule has 6 rings (SSSR count). The van der Waals surface area contributed by atoms with Crippen LogP contribution in [0.4, 0.5) is 10.1 Å². The van der Waals surface area contributed by atoms with Gasteiger partial charge in [-0.3, -0.25) is 19.3 Å². The Morgan fingerprint density at radius 1 is 0.902 bits per heavy atom. The Morgan fingerprint density at radius 3 is 2.22 bits per heavy atom. The molecule has 206 valence electrons. The molecule has 4 aromatic rings. The number of anilines is 1. The number of nitrogens with zero attached hydrogens (tertiary/aromatic N) is 2. The Balaban J connectivity index is 1.28. The fourth-order valence-corrected chi connectivity index (χ4v) is 5.78. The first-order valence-corrected chi connectivity index (χ1v) is 13.7. The lowest BCUT2D eigenvalue weighted by molar-refractivity contribution is -0.122. The molecule has 0 N–H and O–H groups in total. The fraction of sp³-hybridized carbons (Fsp3) is 0.242. The number of aryl methyl sites for hydroxylation is 1. The maximum atomic E-state index is 13.2. The van der Waals surface area contributed by atoms with Crippen LogP contribution >= 0.6 is 0 Å². The predicted molar refractivity (Wildman–Crippen MR) is 151 cm³/mol. The minimum Gasteiger partial charge on any atom is -0.454 e. The van der Waals surface area contributed by atoms with Gasteiger partial charge in [0.25, 0.3) is 0 Å². The topological polar surface area (TPSA) is 93.6 Å². The number of ether oxygens (including phenoxy) is 1. The second-order valence-corrected chi connectivity index (χ2v) is 10.6. The van der Waals surface area contributed by atoms with E-state index in [4.69, 9.17) is 9.72 Å². The number of fused-ring (bicyclic) bond motifs is 2. The van der Waals surface area contributed by atoms with Gasteiger partial charge in [0, 0.05) is 16.5 Å². The number of Topliss-reactive ketones (excluding diaryl/α,β-unsaturated/α-hetero) is 1. The van der Waals surface area contributed by atoms with Crippen LogP contribution in [0.15, 0.2) is 72.8 Å². The fourth-order valence-electron chi connectivity index (χ4n) is 5.78. The highest BCUT2D eigenvalue weighted by atomic mass is 19.1. The number of imide groups is 1. The summed E-state index contributed by atoms with van der Waals surface area (Å²) in [5.74, 6) is -2.33. The van der Waals surface area contributed by atoms with Gasteiger partial charge in [-0.1, -0.05) is 36.6 Å². The molecule has 7 nitrogen and oxygen atoms in total. The van der Waals surface area contributed by atoms with E-state index in [0.29, 0.717) is 27.8 Å². The average Bonchev–Trinajstić information content (AvgIpc) is 3.25. The van der Waals surface area contributed by atoms with Gasteiger partial charge in [-0.15, -0.1) is 0 Å². The molecule has 0 bridgehead atoms. The zero-order valence-corrected chi connectivity index (χ0v) is 22.4. The quantitative estimate of drug-likeness (QED) is 0.164. The van der Waals surface area contributed by atoms with Gasteiger partial charge in [-0.05, 0) is 74.4 Å². The number of hydrogen-bond acceptors (Lipinski definition) is 6. The van der Waals surface area contributed by atoms with Gasteiger partial charge >= 0.3 is 5.97 Å². The van der Waals surface area contributed by atoms with Crippen molar-refractivity contribution in [2.24, 2.45) is 11.8 Å². The highest BCUT2D eigenvalue weighted by Crippen LogP contribution is 2.40. The van der Waals surface area contributed by atoms with Gasteiger partial charge < -0.3 is 4.74 Å². The number of esters is 1. The summed E-state index contributed by atoms with van der Waals surface area (Å²) in [6, 6.07) is 19.2. The molecule has 1 aliphatic carbocycles. The van der Waals surface area contributed by atoms with Crippen LogP contribution in [0.25, 0.3) is 22.2 Å². The van der Waals surface area contributed by atoms with Crippen LogP contribution in [0.5, 0.6) is 0 Å². The number of benzene rings is 3. The van der Waals surface area contributed by atoms with Crippen LogP contribution in [0.3, 0.4) is 0 Å². The number of carbonyl (C=O) groups is 4. The highest BCUT2D eigenvalue weighted by Gasteiger charge is 2.48. The van der Waals surface area contributed by atoms with E-state index in [-0.39, 0.29) is 34.8 Å². The van der Waals surface area contributed by atoms with E-state index < -0.39 is 24.2 Å². The maximum Gasteiger partial charge on any atom is 0.339 e. The third kappa shape index (κ3) is 5.01. The molecule has 0 radical (unpaired) electrons. The van der Waals surface area contributed by atoms with E-state index in [2.05, 4.69) is 0 Å². The molecule has 2 fully saturated rings. The molecule has 8 heteroatoms. The number of amides is 2. The van der Waals surface area contributed by atoms with Gasteiger partial charge in [0.05, 0.1) is 34.3 Å². The van der Waals surface area contributed by atoms with Crippen molar-refractivity contribution >= 4 is 40.2 Å². The van der Waals surface area contributed by atoms with Crippen LogP contribution in [-0.2, 0) is 14.3 Å². The van der Waals surface area contributed by atoms with E-state index in [9.17, 15) is 23.6 Å². The Morgan fingerprint density at radius 2 is 1.56 bits per heavy atom. The summed E-state index contributed by atoms with van der Waals surface area (Å²) in [6.45, 7) is 1.40. The van der Waals surface area contributed by atoms with Crippen LogP contribution in [-0.4, -0.2) is 35.2 Å². The van der Waals surface area contributed by atoms with Crippen LogP contribution < -0.4 is 4.90 Å². The summed E-state index contributed by atoms with van der Waals surface area (Å²) < 4.78 is 18.6. The molecule has 2 aliphatic rings. The third-order valence-electron chi connectivity index (χ3n) is 7.95. The van der Waals surface area contributed by atoms with Crippen molar-refractivity contribution in [1.82, 2.24) is 4.98 Å². The number of pyridine rings is 1. The summed E-state index contributed by atoms with van der Waals surface area (Å²) >= 11 is 0. The molecule has 1 saturated carbocycles. The Kier molecular flexibility index (Phi) is 6.91. The van der Waals surface area contributed by atoms with Crippen molar-refractivity contribution in [3.8, 4) is 11.3 Å². The standard InChI is InChI=1S/C33H27FN2O5/c1-19-6-15-28-26(16-19)27(33(40)41-18-30(37)21-7-11-22(34)12-8-21)17-29(35-28)20-9-13-23(14-10-20)36-31(38)24-4-2-3-5-25(24)32(36)39/h6-17,24-25H,2-5,18H2,1H3. The van der Waals surface area contributed by atoms with Crippen molar-refractivity contribution in [2.75, 3.05) is 11.5 Å². The van der Waals surface area contributed by atoms with Crippen molar-refractivity contribution in [2.45, 2.75) is 32.6 Å². The van der Waals surface area contributed by atoms with E-state index in [1.165, 1.54) is 29.2 Å². The zero-order chi connectivity index (χ0) is 28.7. The lowest BCUT2D eigenvalue weighted by Gasteiger charge is -2.19. The van der Waals surface area contributed by atoms with Gasteiger partial charge in [0.1, 0.15) is 5.82 Å². The molecule has 2 heterocycles. The first kappa shape index (κ1) is 26.5. The monoisotopic (exact) mass is 550 g/mol. The van der Waals surface area contributed by atoms with Gasteiger partial charge in [-0.25, -0.2) is 14.2 Å². The first-order chi connectivity index (χ1) is 19.8. The number of rotatable bonds is 6. The second kappa shape index (κ2) is 10.7. The van der Waals surface area contributed by atoms with Gasteiger partial charge in [0.2, 0.25) is 11.8 Å². The van der Waals surface area contributed by atoms with Crippen LogP contribution in [0, 0.1) is 24.6 Å². The van der Waals surface area contributed by atoms with Crippen molar-refractivity contribution in [3.63, 3.8) is 0 Å². The molecule has 1 aromatic heterocycles. The van der Waals surface area contributed by atoms with Gasteiger partial charge in [0.15, 0.2) is 12.4 Å². The molecule has 3 aromatic carbocycles. The van der Waals surface area contributed by atoms with E-state index in [0.717, 1.165) is 31.2 Å². The second-order valence-electron chi connectivity index (χ2n) is 10.6. The van der Waals surface area contributed by atoms with E-state index >= 15 is 0 Å². The van der Waals surface area contributed by atoms with Crippen molar-refractivity contribution in [3.05, 3.63) is 95.3 Å². The summed E-state index contributed by atoms with van der Waals surface area (Å²) in [5, 5.41) is 0.584. The molecule has 1 aliphatic heterocycles. The summed E-state index contributed by atoms with van der Waals surface area (Å²) in [7, 11) is 0. The largest absolute Gasteiger partial charge is 0.454 e. The van der Waals surface area contributed by atoms with Crippen LogP contribution in [0.1, 0.15) is 52.0 Å². The molecule has 41 heavy (non-hydrogen) atoms. The number of halogens is 1. The minimum atomic E-state index is -0.688. The summed E-state index contributed by atoms with van der Waals surface area (Å²) in [4.78, 5) is 57.8. The number of carbonyl (C=O) groups excluding carboxylic acids is 4. The lowest BCUT2D eigenvalue weighted by Crippen LogP contribution is -2.30. The number of hydrogen-bond donors (Lipinski definition) is 0. The maximum absolute atomic E-state index is 13.2. The van der Waals surface area contributed by atoms with Gasteiger partial charge in [-0.2, -0.15) is 0 Å². The number of ketones is 1. The lowest BCUT2D eigenvalue weighted by atomic mass is 9.81. The average molecular weight is 551 g/mol. The Hall–Kier alpha value is -4.72. The number of aromatic nitrogens is 1. The van der Waals surface area contributed by atoms with E-state index in [1.54, 1.807) is 30.3 Å². The molecule has 2 amide bonds. The molecule has 1 saturated heterocycles. The Bertz CT molecular complexity index is 1670. The normalized spacial score (nSPS) is 18.4. The highest BCUT2D eigenvalue weighted by molar-refractivity contribution is 6.22. The van der Waals surface area contributed by atoms with E-state index in [1.807, 2.05) is 25.1 Å². The predicted octanol–water partition coefficient (Wildman–Crippen LogP) is 6.07. The smallest absolute Gasteiger partial charge is 0.339 e. The van der Waals surface area contributed by atoms with Crippen molar-refractivity contribution in [1.29, 1.82) is 0 Å². The zero-order valence-electron chi connectivity index (χ0n) is 22.4. The summed E-state index contributed by atoms with van der Waals surface area (Å²) in [5.41, 5.74) is 3.69. The SMILES string of the molecule is Cc1ccc2nc(-c3ccc(N4C(=O)C5CCCCC5C4=O)cc3)cc(C(=O)OCC(=O)c3ccc(F)cc3)c2c1. The first-order valence-electron chi connectivity index (χ1n) is 13.7. The molecule has 2 unspecified atom stereocenters. The molecule has 0 spiro atoms.